The monoisotopic (exact) mass is 312 g/mol. The molecule has 1 heterocycles. The molecule has 6 heteroatoms. The summed E-state index contributed by atoms with van der Waals surface area (Å²) in [5, 5.41) is 8.77. The predicted molar refractivity (Wildman–Crippen MR) is 65.4 cm³/mol. The molecule has 0 saturated carbocycles. The van der Waals surface area contributed by atoms with Crippen LogP contribution in [-0.2, 0) is 4.74 Å². The minimum Gasteiger partial charge on any atom is -0.360 e. The molecule has 1 aliphatic rings. The van der Waals surface area contributed by atoms with E-state index in [4.69, 9.17) is 10.00 Å². The molecular weight excluding hydrogens is 303 g/mol. The number of nitriles is 1. The molecule has 0 unspecified atom stereocenters. The fraction of sp³-hybridized carbons (Fsp3) is 0.333. The Hall–Kier alpha value is -1.45. The van der Waals surface area contributed by atoms with Gasteiger partial charge in [-0.15, -0.1) is 0 Å². The number of hydrogen-bond donors (Lipinski definition) is 0. The van der Waals surface area contributed by atoms with Crippen LogP contribution in [-0.4, -0.2) is 36.6 Å². The molecule has 0 spiro atoms. The molecule has 0 N–H and O–H groups in total. The summed E-state index contributed by atoms with van der Waals surface area (Å²) in [6, 6.07) is 6.32. The highest BCUT2D eigenvalue weighted by atomic mass is 79.9. The lowest BCUT2D eigenvalue weighted by Gasteiger charge is -2.30. The highest BCUT2D eigenvalue weighted by molar-refractivity contribution is 9.10. The van der Waals surface area contributed by atoms with Crippen molar-refractivity contribution in [2.75, 3.05) is 19.7 Å². The zero-order valence-electron chi connectivity index (χ0n) is 9.40. The van der Waals surface area contributed by atoms with Gasteiger partial charge in [0.25, 0.3) is 5.91 Å². The molecule has 0 aliphatic carbocycles. The van der Waals surface area contributed by atoms with Gasteiger partial charge in [0, 0.05) is 11.0 Å². The maximum atomic E-state index is 13.7. The topological polar surface area (TPSA) is 53.3 Å². The largest absolute Gasteiger partial charge is 0.360 e. The van der Waals surface area contributed by atoms with Crippen LogP contribution in [0.25, 0.3) is 0 Å². The van der Waals surface area contributed by atoms with Crippen LogP contribution in [0.4, 0.5) is 4.39 Å². The van der Waals surface area contributed by atoms with Crippen molar-refractivity contribution in [3.05, 3.63) is 34.1 Å². The Morgan fingerprint density at radius 3 is 3.06 bits per heavy atom. The number of carbonyl (C=O) groups excluding carboxylic acids is 1. The van der Waals surface area contributed by atoms with Gasteiger partial charge in [-0.2, -0.15) is 5.26 Å². The SMILES string of the molecule is N#C[C@@H]1CN(C(=O)c2c(F)cccc2Br)CCO1. The lowest BCUT2D eigenvalue weighted by atomic mass is 10.1. The van der Waals surface area contributed by atoms with Crippen LogP contribution in [0.3, 0.4) is 0 Å². The average molecular weight is 313 g/mol. The van der Waals surface area contributed by atoms with E-state index in [1.54, 1.807) is 6.07 Å². The van der Waals surface area contributed by atoms with E-state index in [1.165, 1.54) is 17.0 Å². The van der Waals surface area contributed by atoms with Crippen molar-refractivity contribution in [3.8, 4) is 6.07 Å². The van der Waals surface area contributed by atoms with Gasteiger partial charge in [-0.25, -0.2) is 4.39 Å². The van der Waals surface area contributed by atoms with Crippen molar-refractivity contribution in [2.24, 2.45) is 0 Å². The van der Waals surface area contributed by atoms with Crippen molar-refractivity contribution in [1.29, 1.82) is 5.26 Å². The normalized spacial score (nSPS) is 19.4. The van der Waals surface area contributed by atoms with E-state index < -0.39 is 17.8 Å². The fourth-order valence-corrected chi connectivity index (χ4v) is 2.28. The zero-order valence-corrected chi connectivity index (χ0v) is 11.0. The van der Waals surface area contributed by atoms with Gasteiger partial charge >= 0.3 is 0 Å². The summed E-state index contributed by atoms with van der Waals surface area (Å²) in [4.78, 5) is 13.6. The van der Waals surface area contributed by atoms with E-state index in [0.29, 0.717) is 11.0 Å². The summed E-state index contributed by atoms with van der Waals surface area (Å²) in [7, 11) is 0. The second-order valence-corrected chi connectivity index (χ2v) is 4.69. The van der Waals surface area contributed by atoms with Gasteiger partial charge in [-0.3, -0.25) is 4.79 Å². The minimum absolute atomic E-state index is 0.00362. The highest BCUT2D eigenvalue weighted by Gasteiger charge is 2.27. The van der Waals surface area contributed by atoms with Crippen LogP contribution >= 0.6 is 15.9 Å². The predicted octanol–water partition coefficient (Wildman–Crippen LogP) is 1.95. The Kier molecular flexibility index (Phi) is 3.94. The number of morpholine rings is 1. The maximum absolute atomic E-state index is 13.7. The molecular formula is C12H10BrFN2O2. The molecule has 1 aliphatic heterocycles. The minimum atomic E-state index is -0.645. The first kappa shape index (κ1) is 13.0. The molecule has 4 nitrogen and oxygen atoms in total. The Labute approximate surface area is 112 Å². The van der Waals surface area contributed by atoms with Crippen molar-refractivity contribution in [3.63, 3.8) is 0 Å². The molecule has 18 heavy (non-hydrogen) atoms. The molecule has 1 aromatic carbocycles. The number of halogens is 2. The molecule has 1 saturated heterocycles. The van der Waals surface area contributed by atoms with E-state index in [1.807, 2.05) is 6.07 Å². The van der Waals surface area contributed by atoms with Gasteiger partial charge in [-0.1, -0.05) is 6.07 Å². The first-order valence-corrected chi connectivity index (χ1v) is 6.17. The first-order chi connectivity index (χ1) is 8.63. The van der Waals surface area contributed by atoms with Crippen LogP contribution in [0.2, 0.25) is 0 Å². The van der Waals surface area contributed by atoms with Crippen LogP contribution < -0.4 is 0 Å². The molecule has 2 rings (SSSR count). The first-order valence-electron chi connectivity index (χ1n) is 5.38. The fourth-order valence-electron chi connectivity index (χ4n) is 1.77. The van der Waals surface area contributed by atoms with Crippen molar-refractivity contribution >= 4 is 21.8 Å². The third-order valence-electron chi connectivity index (χ3n) is 2.67. The van der Waals surface area contributed by atoms with Gasteiger partial charge in [-0.05, 0) is 28.1 Å². The van der Waals surface area contributed by atoms with Crippen LogP contribution in [0, 0.1) is 17.1 Å². The van der Waals surface area contributed by atoms with Gasteiger partial charge in [0.1, 0.15) is 5.82 Å². The molecule has 1 aromatic rings. The average Bonchev–Trinajstić information content (AvgIpc) is 2.38. The lowest BCUT2D eigenvalue weighted by molar-refractivity contribution is 0.00321. The molecule has 0 radical (unpaired) electrons. The van der Waals surface area contributed by atoms with Crippen molar-refractivity contribution in [1.82, 2.24) is 4.90 Å². The summed E-state index contributed by atoms with van der Waals surface area (Å²) in [6.45, 7) is 0.809. The Morgan fingerprint density at radius 2 is 2.39 bits per heavy atom. The number of ether oxygens (including phenoxy) is 1. The molecule has 0 bridgehead atoms. The third-order valence-corrected chi connectivity index (χ3v) is 3.34. The molecule has 94 valence electrons. The summed E-state index contributed by atoms with van der Waals surface area (Å²) >= 11 is 3.16. The molecule has 0 aromatic heterocycles. The van der Waals surface area contributed by atoms with Gasteiger partial charge in [0.05, 0.1) is 24.8 Å². The number of amides is 1. The Balaban J connectivity index is 2.24. The number of nitrogens with zero attached hydrogens (tertiary/aromatic N) is 2. The van der Waals surface area contributed by atoms with Crippen LogP contribution in [0.15, 0.2) is 22.7 Å². The van der Waals surface area contributed by atoms with Crippen molar-refractivity contribution in [2.45, 2.75) is 6.10 Å². The smallest absolute Gasteiger partial charge is 0.258 e. The second-order valence-electron chi connectivity index (χ2n) is 3.84. The number of rotatable bonds is 1. The van der Waals surface area contributed by atoms with Gasteiger partial charge in [0.2, 0.25) is 0 Å². The second kappa shape index (κ2) is 5.46. The number of hydrogen-bond acceptors (Lipinski definition) is 3. The molecule has 1 fully saturated rings. The number of carbonyl (C=O) groups is 1. The van der Waals surface area contributed by atoms with E-state index in [9.17, 15) is 9.18 Å². The summed E-state index contributed by atoms with van der Waals surface area (Å²) in [5.41, 5.74) is -0.00362. The zero-order chi connectivity index (χ0) is 13.1. The third kappa shape index (κ3) is 2.52. The van der Waals surface area contributed by atoms with E-state index in [0.717, 1.165) is 0 Å². The van der Waals surface area contributed by atoms with Gasteiger partial charge < -0.3 is 9.64 Å². The molecule has 1 amide bonds. The highest BCUT2D eigenvalue weighted by Crippen LogP contribution is 2.22. The van der Waals surface area contributed by atoms with E-state index in [-0.39, 0.29) is 18.7 Å². The van der Waals surface area contributed by atoms with E-state index >= 15 is 0 Å². The summed E-state index contributed by atoms with van der Waals surface area (Å²) < 4.78 is 19.2. The van der Waals surface area contributed by atoms with E-state index in [2.05, 4.69) is 15.9 Å². The van der Waals surface area contributed by atoms with Crippen molar-refractivity contribution < 1.29 is 13.9 Å². The maximum Gasteiger partial charge on any atom is 0.258 e. The number of benzene rings is 1. The Morgan fingerprint density at radius 1 is 1.61 bits per heavy atom. The molecule has 1 atom stereocenters. The summed E-state index contributed by atoms with van der Waals surface area (Å²) in [6.07, 6.45) is -0.645. The van der Waals surface area contributed by atoms with Gasteiger partial charge in [0.15, 0.2) is 6.10 Å². The summed E-state index contributed by atoms with van der Waals surface area (Å²) in [5.74, 6) is -1.00. The standard InChI is InChI=1S/C12H10BrFN2O2/c13-9-2-1-3-10(14)11(9)12(17)16-4-5-18-8(6-15)7-16/h1-3,8H,4-5,7H2/t8-/m1/s1. The Bertz CT molecular complexity index is 495. The lowest BCUT2D eigenvalue weighted by Crippen LogP contribution is -2.45. The van der Waals surface area contributed by atoms with Crippen LogP contribution in [0.1, 0.15) is 10.4 Å². The quantitative estimate of drug-likeness (QED) is 0.796. The van der Waals surface area contributed by atoms with Crippen LogP contribution in [0.5, 0.6) is 0 Å².